The Labute approximate surface area is 115 Å². The SMILES string of the molecule is COCCCNC(=O)c1cc(B(O)O)cc([N+](=O)[O-])c1. The first kappa shape index (κ1) is 16.1. The predicted molar refractivity (Wildman–Crippen MR) is 71.7 cm³/mol. The zero-order valence-electron chi connectivity index (χ0n) is 10.9. The fraction of sp³-hybridized carbons (Fsp3) is 0.364. The Kier molecular flexibility index (Phi) is 6.10. The summed E-state index contributed by atoms with van der Waals surface area (Å²) < 4.78 is 4.82. The molecule has 8 nitrogen and oxygen atoms in total. The van der Waals surface area contributed by atoms with Crippen molar-refractivity contribution >= 4 is 24.2 Å². The molecule has 0 spiro atoms. The van der Waals surface area contributed by atoms with E-state index in [1.54, 1.807) is 0 Å². The van der Waals surface area contributed by atoms with E-state index in [0.29, 0.717) is 19.6 Å². The van der Waals surface area contributed by atoms with Crippen LogP contribution in [0.15, 0.2) is 18.2 Å². The van der Waals surface area contributed by atoms with Crippen molar-refractivity contribution in [2.75, 3.05) is 20.3 Å². The lowest BCUT2D eigenvalue weighted by Crippen LogP contribution is -2.32. The third kappa shape index (κ3) is 4.61. The van der Waals surface area contributed by atoms with Crippen LogP contribution in [0.2, 0.25) is 0 Å². The van der Waals surface area contributed by atoms with Crippen molar-refractivity contribution in [3.63, 3.8) is 0 Å². The maximum Gasteiger partial charge on any atom is 0.488 e. The van der Waals surface area contributed by atoms with E-state index < -0.39 is 17.9 Å². The van der Waals surface area contributed by atoms with Gasteiger partial charge in [-0.05, 0) is 17.9 Å². The number of benzene rings is 1. The molecule has 0 fully saturated rings. The standard InChI is InChI=1S/C11H15BN2O6/c1-20-4-2-3-13-11(15)8-5-9(12(16)17)7-10(6-8)14(18)19/h5-7,16-17H,2-4H2,1H3,(H,13,15). The molecule has 0 saturated heterocycles. The summed E-state index contributed by atoms with van der Waals surface area (Å²) in [5, 5.41) is 31.4. The largest absolute Gasteiger partial charge is 0.488 e. The fourth-order valence-electron chi connectivity index (χ4n) is 1.54. The van der Waals surface area contributed by atoms with Gasteiger partial charge in [-0.3, -0.25) is 14.9 Å². The van der Waals surface area contributed by atoms with Gasteiger partial charge in [-0.1, -0.05) is 0 Å². The van der Waals surface area contributed by atoms with Crippen molar-refractivity contribution in [1.82, 2.24) is 5.32 Å². The first-order chi connectivity index (χ1) is 9.45. The minimum Gasteiger partial charge on any atom is -0.423 e. The number of non-ortho nitro benzene ring substituents is 1. The van der Waals surface area contributed by atoms with Gasteiger partial charge in [-0.15, -0.1) is 0 Å². The van der Waals surface area contributed by atoms with Crippen molar-refractivity contribution in [1.29, 1.82) is 0 Å². The lowest BCUT2D eigenvalue weighted by atomic mass is 9.79. The van der Waals surface area contributed by atoms with Crippen LogP contribution in [0.3, 0.4) is 0 Å². The number of rotatable bonds is 7. The Morgan fingerprint density at radius 3 is 2.70 bits per heavy atom. The number of hydrogen-bond donors (Lipinski definition) is 3. The van der Waals surface area contributed by atoms with Gasteiger partial charge in [0.15, 0.2) is 0 Å². The molecule has 9 heteroatoms. The summed E-state index contributed by atoms with van der Waals surface area (Å²) >= 11 is 0. The van der Waals surface area contributed by atoms with Crippen molar-refractivity contribution in [2.24, 2.45) is 0 Å². The van der Waals surface area contributed by atoms with Gasteiger partial charge < -0.3 is 20.1 Å². The summed E-state index contributed by atoms with van der Waals surface area (Å²) in [4.78, 5) is 21.9. The molecule has 0 radical (unpaired) electrons. The van der Waals surface area contributed by atoms with E-state index in [0.717, 1.165) is 12.1 Å². The minimum atomic E-state index is -1.88. The molecule has 0 aromatic heterocycles. The molecule has 3 N–H and O–H groups in total. The Morgan fingerprint density at radius 2 is 2.15 bits per heavy atom. The molecule has 0 heterocycles. The number of amides is 1. The van der Waals surface area contributed by atoms with E-state index in [9.17, 15) is 14.9 Å². The van der Waals surface area contributed by atoms with Gasteiger partial charge in [0.1, 0.15) is 0 Å². The van der Waals surface area contributed by atoms with Gasteiger partial charge in [0.05, 0.1) is 4.92 Å². The highest BCUT2D eigenvalue weighted by molar-refractivity contribution is 6.58. The highest BCUT2D eigenvalue weighted by Crippen LogP contribution is 2.12. The molecule has 1 amide bonds. The number of hydrogen-bond acceptors (Lipinski definition) is 6. The van der Waals surface area contributed by atoms with Crippen LogP contribution < -0.4 is 10.8 Å². The van der Waals surface area contributed by atoms with E-state index >= 15 is 0 Å². The highest BCUT2D eigenvalue weighted by Gasteiger charge is 2.20. The van der Waals surface area contributed by atoms with E-state index in [1.807, 2.05) is 0 Å². The van der Waals surface area contributed by atoms with Gasteiger partial charge in [-0.2, -0.15) is 0 Å². The van der Waals surface area contributed by atoms with E-state index in [4.69, 9.17) is 14.8 Å². The van der Waals surface area contributed by atoms with Crippen LogP contribution in [0.25, 0.3) is 0 Å². The number of carbonyl (C=O) groups excluding carboxylic acids is 1. The van der Waals surface area contributed by atoms with E-state index in [2.05, 4.69) is 5.32 Å². The average Bonchev–Trinajstić information content (AvgIpc) is 2.42. The van der Waals surface area contributed by atoms with Crippen molar-refractivity contribution < 1.29 is 24.5 Å². The maximum atomic E-state index is 11.8. The van der Waals surface area contributed by atoms with Gasteiger partial charge in [-0.25, -0.2) is 0 Å². The molecule has 0 aliphatic carbocycles. The monoisotopic (exact) mass is 282 g/mol. The lowest BCUT2D eigenvalue weighted by molar-refractivity contribution is -0.384. The third-order valence-corrected chi connectivity index (χ3v) is 2.52. The van der Waals surface area contributed by atoms with E-state index in [1.165, 1.54) is 13.2 Å². The topological polar surface area (TPSA) is 122 Å². The van der Waals surface area contributed by atoms with Crippen molar-refractivity contribution in [2.45, 2.75) is 6.42 Å². The Balaban J connectivity index is 2.87. The second kappa shape index (κ2) is 7.58. The molecule has 1 aromatic rings. The minimum absolute atomic E-state index is 0.000262. The molecule has 0 aliphatic heterocycles. The van der Waals surface area contributed by atoms with Crippen LogP contribution >= 0.6 is 0 Å². The number of nitrogens with zero attached hydrogens (tertiary/aromatic N) is 1. The lowest BCUT2D eigenvalue weighted by Gasteiger charge is -2.07. The molecule has 108 valence electrons. The molecule has 0 saturated carbocycles. The second-order valence-corrected chi connectivity index (χ2v) is 4.05. The summed E-state index contributed by atoms with van der Waals surface area (Å²) in [6.45, 7) is 0.836. The molecular formula is C11H15BN2O6. The summed E-state index contributed by atoms with van der Waals surface area (Å²) in [5.41, 5.74) is -0.487. The Bertz CT molecular complexity index is 494. The Hall–Kier alpha value is -1.97. The molecule has 0 aliphatic rings. The van der Waals surface area contributed by atoms with E-state index in [-0.39, 0.29) is 16.7 Å². The first-order valence-corrected chi connectivity index (χ1v) is 5.88. The van der Waals surface area contributed by atoms with Crippen LogP contribution in [-0.4, -0.2) is 48.3 Å². The predicted octanol–water partition coefficient (Wildman–Crippen LogP) is -0.959. The van der Waals surface area contributed by atoms with Gasteiger partial charge in [0.2, 0.25) is 0 Å². The number of carbonyl (C=O) groups is 1. The fourth-order valence-corrected chi connectivity index (χ4v) is 1.54. The van der Waals surface area contributed by atoms with Crippen molar-refractivity contribution in [3.05, 3.63) is 33.9 Å². The second-order valence-electron chi connectivity index (χ2n) is 4.05. The number of nitro groups is 1. The highest BCUT2D eigenvalue weighted by atomic mass is 16.6. The zero-order valence-corrected chi connectivity index (χ0v) is 10.9. The quantitative estimate of drug-likeness (QED) is 0.256. The van der Waals surface area contributed by atoms with Gasteiger partial charge in [0.25, 0.3) is 11.6 Å². The molecular weight excluding hydrogens is 267 g/mol. The third-order valence-electron chi connectivity index (χ3n) is 2.52. The zero-order chi connectivity index (χ0) is 15.1. The average molecular weight is 282 g/mol. The number of nitrogens with one attached hydrogen (secondary N) is 1. The first-order valence-electron chi connectivity index (χ1n) is 5.88. The number of nitro benzene ring substituents is 1. The van der Waals surface area contributed by atoms with Crippen LogP contribution in [-0.2, 0) is 4.74 Å². The van der Waals surface area contributed by atoms with Crippen molar-refractivity contribution in [3.8, 4) is 0 Å². The van der Waals surface area contributed by atoms with Gasteiger partial charge >= 0.3 is 7.12 Å². The Morgan fingerprint density at radius 1 is 1.45 bits per heavy atom. The molecule has 1 rings (SSSR count). The molecule has 20 heavy (non-hydrogen) atoms. The molecule has 0 unspecified atom stereocenters. The van der Waals surface area contributed by atoms with Crippen LogP contribution in [0, 0.1) is 10.1 Å². The smallest absolute Gasteiger partial charge is 0.423 e. The summed E-state index contributed by atoms with van der Waals surface area (Å²) in [6, 6.07) is 3.28. The number of methoxy groups -OCH3 is 1. The molecule has 1 aromatic carbocycles. The molecule has 0 bridgehead atoms. The number of ether oxygens (including phenoxy) is 1. The normalized spacial score (nSPS) is 10.2. The molecule has 0 atom stereocenters. The summed E-state index contributed by atoms with van der Waals surface area (Å²) in [5.74, 6) is -0.522. The summed E-state index contributed by atoms with van der Waals surface area (Å²) in [7, 11) is -0.341. The maximum absolute atomic E-state index is 11.8. The van der Waals surface area contributed by atoms with Gasteiger partial charge in [0, 0.05) is 38.0 Å². The summed E-state index contributed by atoms with van der Waals surface area (Å²) in [6.07, 6.45) is 0.604. The van der Waals surface area contributed by atoms with Crippen LogP contribution in [0.1, 0.15) is 16.8 Å². The van der Waals surface area contributed by atoms with Crippen LogP contribution in [0.5, 0.6) is 0 Å². The van der Waals surface area contributed by atoms with Crippen LogP contribution in [0.4, 0.5) is 5.69 Å².